The van der Waals surface area contributed by atoms with Gasteiger partial charge in [0.2, 0.25) is 0 Å². The van der Waals surface area contributed by atoms with Crippen molar-refractivity contribution in [1.82, 2.24) is 0 Å². The summed E-state index contributed by atoms with van der Waals surface area (Å²) in [6.45, 7) is 19.5. The lowest BCUT2D eigenvalue weighted by Gasteiger charge is -2.30. The Kier molecular flexibility index (Phi) is 10.7. The highest BCUT2D eigenvalue weighted by atomic mass is 14.4. The molecule has 3 rings (SSSR count). The Hall–Kier alpha value is -1.30. The summed E-state index contributed by atoms with van der Waals surface area (Å²) in [5.74, 6) is 7.39. The zero-order chi connectivity index (χ0) is 25.5. The zero-order valence-corrected chi connectivity index (χ0v) is 24.4. The molecule has 1 radical (unpaired) electrons. The van der Waals surface area contributed by atoms with Gasteiger partial charge in [-0.1, -0.05) is 117 Å². The fourth-order valence-electron chi connectivity index (χ4n) is 7.70. The lowest BCUT2D eigenvalue weighted by molar-refractivity contribution is 0.274. The maximum absolute atomic E-state index is 2.58. The number of hydrogen-bond donors (Lipinski definition) is 0. The monoisotopic (exact) mass is 475 g/mol. The Morgan fingerprint density at radius 2 is 1.49 bits per heavy atom. The van der Waals surface area contributed by atoms with Gasteiger partial charge in [-0.05, 0) is 96.7 Å². The van der Waals surface area contributed by atoms with Crippen LogP contribution in [0.1, 0.15) is 125 Å². The van der Waals surface area contributed by atoms with Crippen molar-refractivity contribution >= 4 is 0 Å². The van der Waals surface area contributed by atoms with E-state index in [0.29, 0.717) is 11.8 Å². The van der Waals surface area contributed by atoms with Crippen molar-refractivity contribution < 1.29 is 0 Å². The third-order valence-electron chi connectivity index (χ3n) is 10.1. The molecule has 2 aliphatic carbocycles. The number of rotatable bonds is 13. The molecule has 4 unspecified atom stereocenters. The molecule has 2 aliphatic rings. The predicted octanol–water partition coefficient (Wildman–Crippen LogP) is 11.0. The summed E-state index contributed by atoms with van der Waals surface area (Å²) in [5, 5.41) is 0. The second-order valence-electron chi connectivity index (χ2n) is 12.3. The summed E-state index contributed by atoms with van der Waals surface area (Å²) >= 11 is 0. The molecule has 7 atom stereocenters. The molecule has 0 amide bonds. The van der Waals surface area contributed by atoms with Gasteiger partial charge in [-0.2, -0.15) is 0 Å². The molecule has 35 heavy (non-hydrogen) atoms. The highest BCUT2D eigenvalue weighted by Crippen LogP contribution is 2.47. The van der Waals surface area contributed by atoms with E-state index < -0.39 is 0 Å². The molecule has 0 heteroatoms. The molecule has 1 aromatic rings. The molecular weight excluding hydrogens is 420 g/mol. The number of benzene rings is 1. The summed E-state index contributed by atoms with van der Waals surface area (Å²) in [7, 11) is 0. The first-order valence-corrected chi connectivity index (χ1v) is 15.2. The van der Waals surface area contributed by atoms with Gasteiger partial charge >= 0.3 is 0 Å². The Morgan fingerprint density at radius 3 is 2.06 bits per heavy atom. The van der Waals surface area contributed by atoms with E-state index in [0.717, 1.165) is 42.4 Å². The molecule has 1 fully saturated rings. The van der Waals surface area contributed by atoms with Crippen molar-refractivity contribution in [3.05, 3.63) is 64.6 Å². The number of allylic oxidation sites excluding steroid dienone is 4. The van der Waals surface area contributed by atoms with E-state index in [2.05, 4.69) is 91.8 Å². The van der Waals surface area contributed by atoms with Crippen LogP contribution in [0.25, 0.3) is 0 Å². The molecule has 0 spiro atoms. The Balaban J connectivity index is 1.63. The molecular formula is C35H55. The van der Waals surface area contributed by atoms with E-state index in [1.165, 1.54) is 50.5 Å². The highest BCUT2D eigenvalue weighted by molar-refractivity contribution is 5.55. The first-order chi connectivity index (χ1) is 16.8. The second-order valence-corrected chi connectivity index (χ2v) is 12.3. The predicted molar refractivity (Wildman–Crippen MR) is 155 cm³/mol. The van der Waals surface area contributed by atoms with Crippen molar-refractivity contribution in [2.75, 3.05) is 0 Å². The van der Waals surface area contributed by atoms with Crippen molar-refractivity contribution in [3.8, 4) is 0 Å². The largest absolute Gasteiger partial charge is 0.0693 e. The van der Waals surface area contributed by atoms with Crippen LogP contribution in [0.5, 0.6) is 0 Å². The van der Waals surface area contributed by atoms with Crippen LogP contribution in [-0.4, -0.2) is 0 Å². The average Bonchev–Trinajstić information content (AvgIpc) is 3.35. The molecule has 1 aromatic carbocycles. The van der Waals surface area contributed by atoms with Gasteiger partial charge in [-0.3, -0.25) is 0 Å². The topological polar surface area (TPSA) is 0 Å². The minimum absolute atomic E-state index is 0.579. The van der Waals surface area contributed by atoms with Gasteiger partial charge in [0.1, 0.15) is 0 Å². The fourth-order valence-corrected chi connectivity index (χ4v) is 7.70. The van der Waals surface area contributed by atoms with Crippen molar-refractivity contribution in [2.24, 2.45) is 35.5 Å². The molecule has 0 nitrogen and oxygen atoms in total. The van der Waals surface area contributed by atoms with Crippen LogP contribution in [0.15, 0.2) is 53.1 Å². The molecule has 0 aromatic heterocycles. The van der Waals surface area contributed by atoms with Crippen LogP contribution in [0.2, 0.25) is 0 Å². The van der Waals surface area contributed by atoms with E-state index in [1.54, 1.807) is 22.6 Å². The Bertz CT molecular complexity index is 827. The maximum Gasteiger partial charge on any atom is 0.0265 e. The van der Waals surface area contributed by atoms with Crippen molar-refractivity contribution in [1.29, 1.82) is 0 Å². The first-order valence-electron chi connectivity index (χ1n) is 15.2. The van der Waals surface area contributed by atoms with Crippen LogP contribution >= 0.6 is 0 Å². The summed E-state index contributed by atoms with van der Waals surface area (Å²) in [5.41, 5.74) is 6.42. The minimum atomic E-state index is 0.579. The molecule has 0 saturated heterocycles. The van der Waals surface area contributed by atoms with E-state index >= 15 is 0 Å². The minimum Gasteiger partial charge on any atom is -0.0693 e. The van der Waals surface area contributed by atoms with Gasteiger partial charge in [-0.25, -0.2) is 0 Å². The third-order valence-corrected chi connectivity index (χ3v) is 10.1. The summed E-state index contributed by atoms with van der Waals surface area (Å²) in [6.07, 6.45) is 14.4. The van der Waals surface area contributed by atoms with E-state index in [9.17, 15) is 0 Å². The molecule has 1 saturated carbocycles. The van der Waals surface area contributed by atoms with E-state index in [-0.39, 0.29) is 0 Å². The van der Waals surface area contributed by atoms with Crippen LogP contribution < -0.4 is 0 Å². The summed E-state index contributed by atoms with van der Waals surface area (Å²) in [4.78, 5) is 0. The third kappa shape index (κ3) is 6.72. The van der Waals surface area contributed by atoms with Crippen LogP contribution in [-0.2, 0) is 0 Å². The van der Waals surface area contributed by atoms with E-state index in [1.807, 2.05) is 0 Å². The normalized spacial score (nSPS) is 27.8. The smallest absolute Gasteiger partial charge is 0.0265 e. The van der Waals surface area contributed by atoms with Gasteiger partial charge in [-0.15, -0.1) is 0 Å². The van der Waals surface area contributed by atoms with Crippen LogP contribution in [0.3, 0.4) is 0 Å². The van der Waals surface area contributed by atoms with Crippen molar-refractivity contribution in [2.45, 2.75) is 119 Å². The second kappa shape index (κ2) is 13.3. The van der Waals surface area contributed by atoms with Gasteiger partial charge < -0.3 is 0 Å². The maximum atomic E-state index is 2.58. The molecule has 195 valence electrons. The summed E-state index contributed by atoms with van der Waals surface area (Å²) < 4.78 is 0. The van der Waals surface area contributed by atoms with Crippen molar-refractivity contribution in [3.63, 3.8) is 0 Å². The van der Waals surface area contributed by atoms with Gasteiger partial charge in [0, 0.05) is 5.92 Å². The lowest BCUT2D eigenvalue weighted by Crippen LogP contribution is -2.18. The van der Waals surface area contributed by atoms with Crippen LogP contribution in [0.4, 0.5) is 0 Å². The first kappa shape index (κ1) is 28.3. The van der Waals surface area contributed by atoms with Crippen LogP contribution in [0, 0.1) is 41.4 Å². The summed E-state index contributed by atoms with van der Waals surface area (Å²) in [6, 6.07) is 11.4. The van der Waals surface area contributed by atoms with Gasteiger partial charge in [0.05, 0.1) is 0 Å². The molecule has 0 N–H and O–H groups in total. The quantitative estimate of drug-likeness (QED) is 0.266. The standard InChI is InChI=1S/C35H55/c1-9-29-23-35(32(11-3)31(29)10-2)28(8)34(30-17-13-12-14-18-30)19-15-16-24(4)20-21-33-26(6)22-25(5)27(33)7/h12-14,17-18,23-28,33-34H,9-11,15-16,19-22H2,1-8H3/t24-,25+,26?,27?,28?,33-,34?/m0/s1. The zero-order valence-electron chi connectivity index (χ0n) is 24.4. The lowest BCUT2D eigenvalue weighted by atomic mass is 9.73. The molecule has 0 heterocycles. The molecule has 0 aliphatic heterocycles. The van der Waals surface area contributed by atoms with Gasteiger partial charge in [0.15, 0.2) is 0 Å². The average molecular weight is 476 g/mol. The SMILES string of the molecule is CCC1=C[C](C(C)C(CCC[C@H](C)CC[C@H]2C(C)C[C@@H](C)C2C)c2ccccc2)C(CC)=C1CC. The van der Waals surface area contributed by atoms with Gasteiger partial charge in [0.25, 0.3) is 0 Å². The van der Waals surface area contributed by atoms with E-state index in [4.69, 9.17) is 0 Å². The Labute approximate surface area is 219 Å². The fraction of sp³-hybridized carbons (Fsp3) is 0.686. The Morgan fingerprint density at radius 1 is 0.800 bits per heavy atom. The highest BCUT2D eigenvalue weighted by Gasteiger charge is 2.36. The molecule has 0 bridgehead atoms. The number of hydrogen-bond acceptors (Lipinski definition) is 0.